The van der Waals surface area contributed by atoms with Gasteiger partial charge in [-0.05, 0) is 31.2 Å². The van der Waals surface area contributed by atoms with E-state index in [1.165, 1.54) is 7.11 Å². The second-order valence-electron chi connectivity index (χ2n) is 4.83. The summed E-state index contributed by atoms with van der Waals surface area (Å²) >= 11 is 5.78. The first-order chi connectivity index (χ1) is 10.4. The maximum absolute atomic E-state index is 12.4. The third-order valence-corrected chi connectivity index (χ3v) is 3.55. The SMILES string of the molecule is COC(=O)C1=C(C)NC(=O)C[C@H]1C(=O)Nc1ccc(Cl)cc1. The predicted octanol–water partition coefficient (Wildman–Crippen LogP) is 1.86. The van der Waals surface area contributed by atoms with Crippen LogP contribution >= 0.6 is 11.6 Å². The lowest BCUT2D eigenvalue weighted by Gasteiger charge is -2.25. The van der Waals surface area contributed by atoms with Crippen LogP contribution in [-0.2, 0) is 19.1 Å². The van der Waals surface area contributed by atoms with Crippen molar-refractivity contribution >= 4 is 35.1 Å². The first kappa shape index (κ1) is 16.0. The van der Waals surface area contributed by atoms with Gasteiger partial charge in [-0.1, -0.05) is 11.6 Å². The van der Waals surface area contributed by atoms with Crippen LogP contribution in [0.3, 0.4) is 0 Å². The highest BCUT2D eigenvalue weighted by Gasteiger charge is 2.36. The molecule has 2 N–H and O–H groups in total. The van der Waals surface area contributed by atoms with E-state index >= 15 is 0 Å². The molecule has 1 aliphatic rings. The highest BCUT2D eigenvalue weighted by Crippen LogP contribution is 2.26. The number of amides is 2. The van der Waals surface area contributed by atoms with Crippen LogP contribution in [-0.4, -0.2) is 24.9 Å². The van der Waals surface area contributed by atoms with Crippen molar-refractivity contribution in [2.75, 3.05) is 12.4 Å². The summed E-state index contributed by atoms with van der Waals surface area (Å²) in [6.45, 7) is 1.56. The molecule has 0 fully saturated rings. The summed E-state index contributed by atoms with van der Waals surface area (Å²) in [5.41, 5.74) is 1.02. The van der Waals surface area contributed by atoms with Gasteiger partial charge in [-0.25, -0.2) is 4.79 Å². The van der Waals surface area contributed by atoms with Gasteiger partial charge in [0.05, 0.1) is 18.6 Å². The maximum Gasteiger partial charge on any atom is 0.336 e. The van der Waals surface area contributed by atoms with Crippen LogP contribution in [0.25, 0.3) is 0 Å². The number of hydrogen-bond donors (Lipinski definition) is 2. The smallest absolute Gasteiger partial charge is 0.336 e. The van der Waals surface area contributed by atoms with E-state index in [-0.39, 0.29) is 17.9 Å². The quantitative estimate of drug-likeness (QED) is 0.832. The maximum atomic E-state index is 12.4. The van der Waals surface area contributed by atoms with Gasteiger partial charge in [-0.15, -0.1) is 0 Å². The van der Waals surface area contributed by atoms with E-state index in [9.17, 15) is 14.4 Å². The zero-order chi connectivity index (χ0) is 16.3. The number of anilines is 1. The van der Waals surface area contributed by atoms with Gasteiger partial charge in [0.1, 0.15) is 0 Å². The monoisotopic (exact) mass is 322 g/mol. The van der Waals surface area contributed by atoms with Crippen molar-refractivity contribution in [1.29, 1.82) is 0 Å². The van der Waals surface area contributed by atoms with Crippen molar-refractivity contribution < 1.29 is 19.1 Å². The van der Waals surface area contributed by atoms with Gasteiger partial charge in [0.25, 0.3) is 0 Å². The number of ether oxygens (including phenoxy) is 1. The fourth-order valence-electron chi connectivity index (χ4n) is 2.27. The third kappa shape index (κ3) is 3.46. The Balaban J connectivity index is 2.25. The molecule has 0 aliphatic carbocycles. The number of allylic oxidation sites excluding steroid dienone is 1. The van der Waals surface area contributed by atoms with Crippen LogP contribution in [0.15, 0.2) is 35.5 Å². The van der Waals surface area contributed by atoms with Crippen LogP contribution in [0.1, 0.15) is 13.3 Å². The average Bonchev–Trinajstić information content (AvgIpc) is 2.48. The molecule has 0 aromatic heterocycles. The fraction of sp³-hybridized carbons (Fsp3) is 0.267. The third-order valence-electron chi connectivity index (χ3n) is 3.30. The molecule has 0 saturated carbocycles. The lowest BCUT2D eigenvalue weighted by molar-refractivity contribution is -0.139. The van der Waals surface area contributed by atoms with Gasteiger partial charge < -0.3 is 15.4 Å². The molecule has 0 saturated heterocycles. The molecule has 2 rings (SSSR count). The van der Waals surface area contributed by atoms with E-state index in [2.05, 4.69) is 10.6 Å². The largest absolute Gasteiger partial charge is 0.466 e. The Hall–Kier alpha value is -2.34. The summed E-state index contributed by atoms with van der Waals surface area (Å²) in [4.78, 5) is 35.9. The second-order valence-corrected chi connectivity index (χ2v) is 5.27. The number of carbonyl (C=O) groups excluding carboxylic acids is 3. The van der Waals surface area contributed by atoms with Crippen LogP contribution < -0.4 is 10.6 Å². The van der Waals surface area contributed by atoms with Gasteiger partial charge in [0, 0.05) is 22.8 Å². The van der Waals surface area contributed by atoms with Crippen molar-refractivity contribution in [3.63, 3.8) is 0 Å². The van der Waals surface area contributed by atoms with Crippen molar-refractivity contribution in [3.8, 4) is 0 Å². The number of nitrogens with one attached hydrogen (secondary N) is 2. The van der Waals surface area contributed by atoms with E-state index in [4.69, 9.17) is 16.3 Å². The molecule has 116 valence electrons. The molecule has 0 bridgehead atoms. The highest BCUT2D eigenvalue weighted by atomic mass is 35.5. The first-order valence-electron chi connectivity index (χ1n) is 6.57. The van der Waals surface area contributed by atoms with Crippen molar-refractivity contribution in [1.82, 2.24) is 5.32 Å². The Morgan fingerprint density at radius 1 is 1.32 bits per heavy atom. The molecule has 1 aliphatic heterocycles. The lowest BCUT2D eigenvalue weighted by atomic mass is 9.89. The van der Waals surface area contributed by atoms with Crippen LogP contribution in [0, 0.1) is 5.92 Å². The minimum atomic E-state index is -0.892. The van der Waals surface area contributed by atoms with Crippen molar-refractivity contribution in [2.24, 2.45) is 5.92 Å². The number of rotatable bonds is 3. The summed E-state index contributed by atoms with van der Waals surface area (Å²) < 4.78 is 4.70. The Morgan fingerprint density at radius 2 is 1.95 bits per heavy atom. The van der Waals surface area contributed by atoms with Crippen LogP contribution in [0.5, 0.6) is 0 Å². The summed E-state index contributed by atoms with van der Waals surface area (Å²) in [5, 5.41) is 5.76. The number of carbonyl (C=O) groups is 3. The Morgan fingerprint density at radius 3 is 2.55 bits per heavy atom. The topological polar surface area (TPSA) is 84.5 Å². The molecule has 2 amide bonds. The first-order valence-corrected chi connectivity index (χ1v) is 6.95. The van der Waals surface area contributed by atoms with Gasteiger partial charge in [-0.2, -0.15) is 0 Å². The molecule has 1 aromatic rings. The Labute approximate surface area is 132 Å². The molecule has 22 heavy (non-hydrogen) atoms. The molecule has 1 heterocycles. The number of hydrogen-bond acceptors (Lipinski definition) is 4. The summed E-state index contributed by atoms with van der Waals surface area (Å²) in [5.74, 6) is -2.29. The lowest BCUT2D eigenvalue weighted by Crippen LogP contribution is -2.40. The summed E-state index contributed by atoms with van der Waals surface area (Å²) in [6, 6.07) is 6.54. The molecular weight excluding hydrogens is 308 g/mol. The molecule has 0 spiro atoms. The predicted molar refractivity (Wildman–Crippen MR) is 81.0 cm³/mol. The van der Waals surface area contributed by atoms with E-state index < -0.39 is 17.8 Å². The molecule has 1 aromatic carbocycles. The number of halogens is 1. The van der Waals surface area contributed by atoms with Crippen LogP contribution in [0.2, 0.25) is 5.02 Å². The fourth-order valence-corrected chi connectivity index (χ4v) is 2.39. The Kier molecular flexibility index (Phi) is 4.82. The molecule has 1 atom stereocenters. The number of benzene rings is 1. The van der Waals surface area contributed by atoms with Gasteiger partial charge >= 0.3 is 5.97 Å². The van der Waals surface area contributed by atoms with E-state index in [0.29, 0.717) is 16.4 Å². The van der Waals surface area contributed by atoms with Gasteiger partial charge in [0.15, 0.2) is 0 Å². The molecule has 0 radical (unpaired) electrons. The normalized spacial score (nSPS) is 17.8. The minimum absolute atomic E-state index is 0.110. The Bertz CT molecular complexity index is 652. The molecule has 0 unspecified atom stereocenters. The zero-order valence-electron chi connectivity index (χ0n) is 12.1. The standard InChI is InChI=1S/C15H15ClN2O4/c1-8-13(15(21)22-2)11(7-12(19)17-8)14(20)18-10-5-3-9(16)4-6-10/h3-6,11H,7H2,1-2H3,(H,17,19)(H,18,20)/t11-/m1/s1. The van der Waals surface area contributed by atoms with Crippen molar-refractivity contribution in [2.45, 2.75) is 13.3 Å². The number of esters is 1. The van der Waals surface area contributed by atoms with E-state index in [0.717, 1.165) is 0 Å². The zero-order valence-corrected chi connectivity index (χ0v) is 12.9. The molecular formula is C15H15ClN2O4. The minimum Gasteiger partial charge on any atom is -0.466 e. The second kappa shape index (κ2) is 6.62. The van der Waals surface area contributed by atoms with Crippen LogP contribution in [0.4, 0.5) is 5.69 Å². The summed E-state index contributed by atoms with van der Waals surface area (Å²) in [7, 11) is 1.23. The molecule has 7 heteroatoms. The highest BCUT2D eigenvalue weighted by molar-refractivity contribution is 6.30. The van der Waals surface area contributed by atoms with E-state index in [1.54, 1.807) is 31.2 Å². The van der Waals surface area contributed by atoms with E-state index in [1.807, 2.05) is 0 Å². The number of methoxy groups -OCH3 is 1. The van der Waals surface area contributed by atoms with Gasteiger partial charge in [0.2, 0.25) is 11.8 Å². The summed E-state index contributed by atoms with van der Waals surface area (Å²) in [6.07, 6.45) is -0.110. The molecule has 6 nitrogen and oxygen atoms in total. The average molecular weight is 323 g/mol. The van der Waals surface area contributed by atoms with Crippen molar-refractivity contribution in [3.05, 3.63) is 40.6 Å². The van der Waals surface area contributed by atoms with Gasteiger partial charge in [-0.3, -0.25) is 9.59 Å².